The molecule has 1 nitrogen and oxygen atoms in total. The van der Waals surface area contributed by atoms with E-state index in [4.69, 9.17) is 4.74 Å². The molecule has 0 radical (unpaired) electrons. The predicted octanol–water partition coefficient (Wildman–Crippen LogP) is 14.0. The van der Waals surface area contributed by atoms with E-state index in [9.17, 15) is 8.78 Å². The zero-order valence-corrected chi connectivity index (χ0v) is 33.8. The summed E-state index contributed by atoms with van der Waals surface area (Å²) in [6.45, 7) is 33.0. The van der Waals surface area contributed by atoms with E-state index in [-0.39, 0.29) is 27.2 Å². The van der Waals surface area contributed by atoms with Crippen LogP contribution in [0.2, 0.25) is 0 Å². The molecule has 0 saturated carbocycles. The van der Waals surface area contributed by atoms with E-state index < -0.39 is 5.92 Å². The van der Waals surface area contributed by atoms with Crippen LogP contribution in [-0.2, 0) is 27.6 Å². The first-order valence-corrected chi connectivity index (χ1v) is 17.4. The third-order valence-corrected chi connectivity index (χ3v) is 8.29. The fourth-order valence-electron chi connectivity index (χ4n) is 4.99. The van der Waals surface area contributed by atoms with E-state index >= 15 is 0 Å². The molecule has 3 heteroatoms. The predicted molar refractivity (Wildman–Crippen MR) is 211 cm³/mol. The number of para-hydroxylation sites is 1. The Bertz CT molecular complexity index is 1560. The second-order valence-corrected chi connectivity index (χ2v) is 17.4. The maximum Gasteiger partial charge on any atom is 0.270 e. The molecule has 0 heterocycles. The van der Waals surface area contributed by atoms with Crippen LogP contribution in [0, 0.1) is 20.8 Å². The monoisotopic (exact) mass is 673 g/mol. The molecule has 270 valence electrons. The largest absolute Gasteiger partial charge is 0.496 e. The second kappa shape index (κ2) is 17.5. The van der Waals surface area contributed by atoms with Gasteiger partial charge in [0.2, 0.25) is 0 Å². The van der Waals surface area contributed by atoms with E-state index in [1.165, 1.54) is 27.8 Å². The first kappa shape index (κ1) is 43.6. The Kier molecular flexibility index (Phi) is 15.5. The molecule has 0 aromatic heterocycles. The molecular weight excluding hydrogens is 607 g/mol. The molecule has 0 aliphatic heterocycles. The minimum Gasteiger partial charge on any atom is -0.496 e. The lowest BCUT2D eigenvalue weighted by molar-refractivity contribution is 0.0167. The van der Waals surface area contributed by atoms with Gasteiger partial charge < -0.3 is 4.74 Å². The summed E-state index contributed by atoms with van der Waals surface area (Å²) in [5.41, 5.74) is 9.12. The highest BCUT2D eigenvalue weighted by molar-refractivity contribution is 5.38. The molecule has 0 fully saturated rings. The van der Waals surface area contributed by atoms with Crippen molar-refractivity contribution in [3.05, 3.63) is 136 Å². The number of hydrogen-bond acceptors (Lipinski definition) is 1. The fraction of sp³-hybridized carbons (Fsp3) is 0.478. The highest BCUT2D eigenvalue weighted by atomic mass is 19.3. The molecule has 0 unspecified atom stereocenters. The number of benzene rings is 4. The average molecular weight is 673 g/mol. The zero-order chi connectivity index (χ0) is 38.0. The van der Waals surface area contributed by atoms with Gasteiger partial charge in [0.1, 0.15) is 5.75 Å². The Balaban J connectivity index is 0.000000329. The Morgan fingerprint density at radius 2 is 0.898 bits per heavy atom. The molecule has 0 spiro atoms. The summed E-state index contributed by atoms with van der Waals surface area (Å²) >= 11 is 0. The van der Waals surface area contributed by atoms with Crippen LogP contribution in [-0.4, -0.2) is 7.11 Å². The number of ether oxygens (including phenoxy) is 1. The van der Waals surface area contributed by atoms with Crippen LogP contribution in [0.4, 0.5) is 8.78 Å². The molecular formula is C46H66F2O. The SMILES string of the molecule is COc1ccccc1C(C)(C)C.Cc1ccc(C(C)(C)C)cc1.Cc1ccc(C(C)(C)C)cc1C(C)(F)F.Cc1cccc(C(C)(C)C)c1. The number of hydrogen-bond donors (Lipinski definition) is 0. The normalized spacial score (nSPS) is 12.0. The van der Waals surface area contributed by atoms with Crippen molar-refractivity contribution >= 4 is 0 Å². The van der Waals surface area contributed by atoms with Gasteiger partial charge in [0, 0.05) is 12.5 Å². The van der Waals surface area contributed by atoms with Crippen LogP contribution < -0.4 is 4.74 Å². The summed E-state index contributed by atoms with van der Waals surface area (Å²) in [5, 5.41) is 0. The fourth-order valence-corrected chi connectivity index (χ4v) is 4.99. The second-order valence-electron chi connectivity index (χ2n) is 17.4. The number of aryl methyl sites for hydroxylation is 3. The van der Waals surface area contributed by atoms with Gasteiger partial charge in [0.25, 0.3) is 5.92 Å². The third kappa shape index (κ3) is 15.3. The van der Waals surface area contributed by atoms with Crippen LogP contribution in [0.1, 0.15) is 135 Å². The van der Waals surface area contributed by atoms with Gasteiger partial charge in [-0.3, -0.25) is 0 Å². The van der Waals surface area contributed by atoms with Crippen LogP contribution in [0.15, 0.2) is 91.0 Å². The van der Waals surface area contributed by atoms with Crippen molar-refractivity contribution in [1.82, 2.24) is 0 Å². The van der Waals surface area contributed by atoms with Crippen LogP contribution in [0.3, 0.4) is 0 Å². The average Bonchev–Trinajstić information content (AvgIpc) is 2.96. The maximum atomic E-state index is 13.3. The first-order valence-electron chi connectivity index (χ1n) is 17.4. The maximum absolute atomic E-state index is 13.3. The van der Waals surface area contributed by atoms with Crippen molar-refractivity contribution in [2.24, 2.45) is 0 Å². The van der Waals surface area contributed by atoms with E-state index in [0.29, 0.717) is 5.56 Å². The molecule has 0 bridgehead atoms. The number of rotatable bonds is 2. The third-order valence-electron chi connectivity index (χ3n) is 8.29. The lowest BCUT2D eigenvalue weighted by Crippen LogP contribution is -2.15. The number of alkyl halides is 2. The van der Waals surface area contributed by atoms with Gasteiger partial charge in [-0.2, -0.15) is 0 Å². The Labute approximate surface area is 299 Å². The van der Waals surface area contributed by atoms with Gasteiger partial charge in [-0.15, -0.1) is 0 Å². The molecule has 0 aliphatic rings. The minimum absolute atomic E-state index is 0.0896. The molecule has 0 N–H and O–H groups in total. The zero-order valence-electron chi connectivity index (χ0n) is 33.8. The first-order chi connectivity index (χ1) is 22.2. The summed E-state index contributed by atoms with van der Waals surface area (Å²) < 4.78 is 31.8. The number of methoxy groups -OCH3 is 1. The van der Waals surface area contributed by atoms with Gasteiger partial charge in [0.15, 0.2) is 0 Å². The molecule has 0 saturated heterocycles. The van der Waals surface area contributed by atoms with Gasteiger partial charge >= 0.3 is 0 Å². The van der Waals surface area contributed by atoms with Crippen molar-refractivity contribution in [2.75, 3.05) is 7.11 Å². The number of halogens is 2. The molecule has 0 amide bonds. The van der Waals surface area contributed by atoms with Gasteiger partial charge in [0.05, 0.1) is 7.11 Å². The van der Waals surface area contributed by atoms with Crippen molar-refractivity contribution in [2.45, 2.75) is 138 Å². The summed E-state index contributed by atoms with van der Waals surface area (Å²) in [4.78, 5) is 0. The summed E-state index contributed by atoms with van der Waals surface area (Å²) in [5.74, 6) is -1.78. The summed E-state index contributed by atoms with van der Waals surface area (Å²) in [7, 11) is 1.71. The Morgan fingerprint density at radius 3 is 1.29 bits per heavy atom. The van der Waals surface area contributed by atoms with Crippen molar-refractivity contribution in [1.29, 1.82) is 0 Å². The molecule has 4 aromatic rings. The van der Waals surface area contributed by atoms with Crippen LogP contribution in [0.5, 0.6) is 5.75 Å². The van der Waals surface area contributed by atoms with Crippen molar-refractivity contribution < 1.29 is 13.5 Å². The van der Waals surface area contributed by atoms with Crippen LogP contribution >= 0.6 is 0 Å². The van der Waals surface area contributed by atoms with E-state index in [1.807, 2.05) is 45.0 Å². The van der Waals surface area contributed by atoms with E-state index in [2.05, 4.69) is 131 Å². The van der Waals surface area contributed by atoms with Gasteiger partial charge in [-0.1, -0.05) is 173 Å². The topological polar surface area (TPSA) is 9.23 Å². The lowest BCUT2D eigenvalue weighted by atomic mass is 9.84. The molecule has 49 heavy (non-hydrogen) atoms. The van der Waals surface area contributed by atoms with Crippen molar-refractivity contribution in [3.63, 3.8) is 0 Å². The van der Waals surface area contributed by atoms with Gasteiger partial charge in [-0.25, -0.2) is 8.78 Å². The molecule has 0 aliphatic carbocycles. The van der Waals surface area contributed by atoms with Crippen molar-refractivity contribution in [3.8, 4) is 5.75 Å². The minimum atomic E-state index is -2.76. The smallest absolute Gasteiger partial charge is 0.270 e. The van der Waals surface area contributed by atoms with E-state index in [1.54, 1.807) is 26.2 Å². The molecule has 4 aromatic carbocycles. The summed E-state index contributed by atoms with van der Waals surface area (Å²) in [6, 6.07) is 30.9. The highest BCUT2D eigenvalue weighted by Gasteiger charge is 2.28. The molecule has 0 atom stereocenters. The lowest BCUT2D eigenvalue weighted by Gasteiger charge is -2.22. The molecule has 4 rings (SSSR count). The summed E-state index contributed by atoms with van der Waals surface area (Å²) in [6.07, 6.45) is 0. The van der Waals surface area contributed by atoms with Gasteiger partial charge in [-0.05, 0) is 82.4 Å². The van der Waals surface area contributed by atoms with Crippen LogP contribution in [0.25, 0.3) is 0 Å². The quantitative estimate of drug-likeness (QED) is 0.206. The Morgan fingerprint density at radius 1 is 0.429 bits per heavy atom. The van der Waals surface area contributed by atoms with E-state index in [0.717, 1.165) is 18.2 Å². The highest BCUT2D eigenvalue weighted by Crippen LogP contribution is 2.34. The standard InChI is InChI=1S/C13H18F2.C11H16O.2C11H16/c1-9-6-7-10(12(2,3)4)8-11(9)13(5,14)15;1-11(2,3)9-7-5-6-8-10(9)12-4;1-9-5-7-10(8-6-9)11(2,3)4;1-9-6-5-7-10(8-9)11(2,3)4/h6-8H,1-5H3;5-8H,1-4H3;2*5-8H,1-4H3. The Hall–Kier alpha value is -3.46.